The summed E-state index contributed by atoms with van der Waals surface area (Å²) in [6.07, 6.45) is -4.69. The summed E-state index contributed by atoms with van der Waals surface area (Å²) >= 11 is 0. The van der Waals surface area contributed by atoms with Gasteiger partial charge < -0.3 is 15.3 Å². The molecule has 0 bridgehead atoms. The third-order valence-corrected chi connectivity index (χ3v) is 4.42. The highest BCUT2D eigenvalue weighted by atomic mass is 19.4. The van der Waals surface area contributed by atoms with Crippen LogP contribution in [0.4, 0.5) is 13.2 Å². The fourth-order valence-electron chi connectivity index (χ4n) is 2.74. The van der Waals surface area contributed by atoms with Crippen LogP contribution in [0.15, 0.2) is 59.8 Å². The van der Waals surface area contributed by atoms with E-state index in [0.717, 1.165) is 11.1 Å². The highest BCUT2D eigenvalue weighted by Crippen LogP contribution is 2.38. The van der Waals surface area contributed by atoms with Gasteiger partial charge in [-0.1, -0.05) is 59.8 Å². The number of carbonyl (C=O) groups excluding carboxylic acids is 1. The fourth-order valence-corrected chi connectivity index (χ4v) is 2.74. The van der Waals surface area contributed by atoms with Gasteiger partial charge in [0.1, 0.15) is 0 Å². The van der Waals surface area contributed by atoms with Crippen molar-refractivity contribution in [3.8, 4) is 0 Å². The maximum atomic E-state index is 12.8. The van der Waals surface area contributed by atoms with Crippen LogP contribution >= 0.6 is 0 Å². The number of aryl methyl sites for hydroxylation is 1. The summed E-state index contributed by atoms with van der Waals surface area (Å²) in [5, 5.41) is 15.7. The molecule has 1 atom stereocenters. The van der Waals surface area contributed by atoms with E-state index in [9.17, 15) is 23.1 Å². The molecule has 1 aliphatic heterocycles. The van der Waals surface area contributed by atoms with Gasteiger partial charge in [-0.15, -0.1) is 0 Å². The number of oxime groups is 1. The summed E-state index contributed by atoms with van der Waals surface area (Å²) in [5.41, 5.74) is 2.31. The molecule has 1 aliphatic rings. The summed E-state index contributed by atoms with van der Waals surface area (Å²) in [6, 6.07) is 16.2. The number of aliphatic hydroxyl groups is 1. The fraction of sp³-hybridized carbons (Fsp3) is 0.300. The minimum absolute atomic E-state index is 0.0123. The second-order valence-corrected chi connectivity index (χ2v) is 6.55. The number of carbonyl (C=O) groups is 1. The average Bonchev–Trinajstić information content (AvgIpc) is 3.09. The van der Waals surface area contributed by atoms with Crippen molar-refractivity contribution in [2.75, 3.05) is 0 Å². The lowest BCUT2D eigenvalue weighted by atomic mass is 10.0. The van der Waals surface area contributed by atoms with Crippen LogP contribution in [-0.4, -0.2) is 28.7 Å². The zero-order chi connectivity index (χ0) is 20.2. The lowest BCUT2D eigenvalue weighted by Crippen LogP contribution is -2.45. The van der Waals surface area contributed by atoms with E-state index in [1.165, 1.54) is 0 Å². The van der Waals surface area contributed by atoms with Crippen molar-refractivity contribution < 1.29 is 27.9 Å². The molecule has 8 heteroatoms. The summed E-state index contributed by atoms with van der Waals surface area (Å²) in [7, 11) is 0. The first kappa shape index (κ1) is 19.9. The van der Waals surface area contributed by atoms with Gasteiger partial charge in [0, 0.05) is 13.0 Å². The third-order valence-electron chi connectivity index (χ3n) is 4.42. The number of amides is 1. The molecule has 2 aromatic carbocycles. The van der Waals surface area contributed by atoms with Crippen molar-refractivity contribution in [3.05, 3.63) is 71.3 Å². The van der Waals surface area contributed by atoms with Gasteiger partial charge >= 0.3 is 12.0 Å². The second kappa shape index (κ2) is 8.02. The Hall–Kier alpha value is -2.87. The maximum Gasteiger partial charge on any atom is 0.458 e. The van der Waals surface area contributed by atoms with Crippen molar-refractivity contribution in [2.45, 2.75) is 37.8 Å². The number of hydrogen-bond acceptors (Lipinski definition) is 4. The number of nitrogens with zero attached hydrogens (tertiary/aromatic N) is 1. The Morgan fingerprint density at radius 1 is 1.11 bits per heavy atom. The molecule has 1 amide bonds. The first-order chi connectivity index (χ1) is 13.3. The van der Waals surface area contributed by atoms with Gasteiger partial charge in [-0.25, -0.2) is 0 Å². The van der Waals surface area contributed by atoms with Gasteiger partial charge in [0.25, 0.3) is 0 Å². The molecule has 0 fully saturated rings. The predicted octanol–water partition coefficient (Wildman–Crippen LogP) is 3.31. The highest BCUT2D eigenvalue weighted by molar-refractivity contribution is 6.01. The third kappa shape index (κ3) is 4.69. The lowest BCUT2D eigenvalue weighted by molar-refractivity contribution is -0.355. The first-order valence-electron chi connectivity index (χ1n) is 8.71. The number of alkyl halides is 3. The summed E-state index contributed by atoms with van der Waals surface area (Å²) < 4.78 is 38.3. The largest absolute Gasteiger partial charge is 0.458 e. The zero-order valence-corrected chi connectivity index (χ0v) is 14.9. The van der Waals surface area contributed by atoms with Crippen LogP contribution < -0.4 is 5.32 Å². The van der Waals surface area contributed by atoms with E-state index in [2.05, 4.69) is 15.3 Å². The van der Waals surface area contributed by atoms with Crippen LogP contribution in [0.1, 0.15) is 29.5 Å². The monoisotopic (exact) mass is 392 g/mol. The molecule has 0 saturated carbocycles. The molecule has 0 saturated heterocycles. The summed E-state index contributed by atoms with van der Waals surface area (Å²) in [6.45, 7) is 0.309. The summed E-state index contributed by atoms with van der Waals surface area (Å²) in [4.78, 5) is 16.2. The van der Waals surface area contributed by atoms with E-state index in [4.69, 9.17) is 0 Å². The van der Waals surface area contributed by atoms with E-state index in [1.807, 2.05) is 30.3 Å². The topological polar surface area (TPSA) is 70.9 Å². The molecule has 2 aromatic rings. The Morgan fingerprint density at radius 2 is 1.79 bits per heavy atom. The molecule has 1 unspecified atom stereocenters. The Morgan fingerprint density at radius 3 is 2.39 bits per heavy atom. The van der Waals surface area contributed by atoms with E-state index in [1.54, 1.807) is 24.3 Å². The first-order valence-corrected chi connectivity index (χ1v) is 8.71. The van der Waals surface area contributed by atoms with Crippen molar-refractivity contribution in [1.82, 2.24) is 5.32 Å². The minimum atomic E-state index is -4.93. The smallest absolute Gasteiger partial charge is 0.352 e. The van der Waals surface area contributed by atoms with Crippen molar-refractivity contribution in [2.24, 2.45) is 5.16 Å². The van der Waals surface area contributed by atoms with Crippen LogP contribution in [0.5, 0.6) is 0 Å². The van der Waals surface area contributed by atoms with Crippen molar-refractivity contribution in [1.29, 1.82) is 0 Å². The van der Waals surface area contributed by atoms with E-state index in [-0.39, 0.29) is 11.6 Å². The summed E-state index contributed by atoms with van der Waals surface area (Å²) in [5.74, 6) is -3.37. The van der Waals surface area contributed by atoms with Crippen LogP contribution in [0.2, 0.25) is 0 Å². The SMILES string of the molecule is O=C(CCc1ccccc1)NCc1ccc(C2=NOC(O)(C(F)(F)F)C2)cc1. The standard InChI is InChI=1S/C20H19F3N2O3/c21-20(22,23)19(27)12-17(25-28-19)16-9-6-15(7-10-16)13-24-18(26)11-8-14-4-2-1-3-5-14/h1-7,9-10,27H,8,11-13H2,(H,24,26). The van der Waals surface area contributed by atoms with Gasteiger partial charge in [-0.05, 0) is 23.1 Å². The number of nitrogens with one attached hydrogen (secondary N) is 1. The number of hydrogen-bond donors (Lipinski definition) is 2. The zero-order valence-electron chi connectivity index (χ0n) is 14.9. The average molecular weight is 392 g/mol. The van der Waals surface area contributed by atoms with Crippen LogP contribution in [-0.2, 0) is 22.6 Å². The Kier molecular flexibility index (Phi) is 5.69. The lowest BCUT2D eigenvalue weighted by Gasteiger charge is -2.22. The van der Waals surface area contributed by atoms with E-state index in [0.29, 0.717) is 24.9 Å². The van der Waals surface area contributed by atoms with E-state index < -0.39 is 18.4 Å². The maximum absolute atomic E-state index is 12.8. The Bertz CT molecular complexity index is 851. The number of benzene rings is 2. The number of rotatable bonds is 6. The van der Waals surface area contributed by atoms with Crippen LogP contribution in [0.25, 0.3) is 0 Å². The molecule has 1 heterocycles. The molecule has 3 rings (SSSR count). The molecule has 28 heavy (non-hydrogen) atoms. The van der Waals surface area contributed by atoms with Gasteiger partial charge in [0.15, 0.2) is 0 Å². The van der Waals surface area contributed by atoms with E-state index >= 15 is 0 Å². The van der Waals surface area contributed by atoms with Crippen LogP contribution in [0.3, 0.4) is 0 Å². The molecular formula is C20H19F3N2O3. The van der Waals surface area contributed by atoms with Gasteiger partial charge in [0.05, 0.1) is 12.1 Å². The molecule has 148 valence electrons. The minimum Gasteiger partial charge on any atom is -0.352 e. The van der Waals surface area contributed by atoms with Crippen LogP contribution in [0, 0.1) is 0 Å². The van der Waals surface area contributed by atoms with Crippen molar-refractivity contribution in [3.63, 3.8) is 0 Å². The molecule has 0 aliphatic carbocycles. The normalized spacial score (nSPS) is 19.1. The van der Waals surface area contributed by atoms with Gasteiger partial charge in [0.2, 0.25) is 5.91 Å². The van der Waals surface area contributed by atoms with Crippen molar-refractivity contribution >= 4 is 11.6 Å². The quantitative estimate of drug-likeness (QED) is 0.792. The number of halogens is 3. The molecule has 0 radical (unpaired) electrons. The second-order valence-electron chi connectivity index (χ2n) is 6.55. The van der Waals surface area contributed by atoms with Gasteiger partial charge in [-0.3, -0.25) is 4.79 Å². The Balaban J connectivity index is 1.49. The molecule has 2 N–H and O–H groups in total. The molecule has 0 aromatic heterocycles. The molecule has 5 nitrogen and oxygen atoms in total. The molecular weight excluding hydrogens is 373 g/mol. The predicted molar refractivity (Wildman–Crippen MR) is 96.3 cm³/mol. The van der Waals surface area contributed by atoms with Gasteiger partial charge in [-0.2, -0.15) is 13.2 Å². The highest BCUT2D eigenvalue weighted by Gasteiger charge is 2.60. The molecule has 0 spiro atoms. The Labute approximate surface area is 159 Å².